The van der Waals surface area contributed by atoms with Gasteiger partial charge in [0.05, 0.1) is 11.3 Å². The Morgan fingerprint density at radius 3 is 2.77 bits per heavy atom. The SMILES string of the molecule is OCc1cc2cc(Cl)cc(O)c2s1. The molecule has 0 bridgehead atoms. The molecule has 0 atom stereocenters. The van der Waals surface area contributed by atoms with E-state index in [1.54, 1.807) is 6.07 Å². The highest BCUT2D eigenvalue weighted by Gasteiger charge is 2.06. The average Bonchev–Trinajstić information content (AvgIpc) is 2.47. The van der Waals surface area contributed by atoms with E-state index in [-0.39, 0.29) is 12.4 Å². The number of hydrogen-bond acceptors (Lipinski definition) is 3. The summed E-state index contributed by atoms with van der Waals surface area (Å²) in [6, 6.07) is 5.10. The number of aromatic hydroxyl groups is 1. The van der Waals surface area contributed by atoms with Crippen LogP contribution in [0.3, 0.4) is 0 Å². The van der Waals surface area contributed by atoms with E-state index in [0.717, 1.165) is 15.0 Å². The lowest BCUT2D eigenvalue weighted by molar-refractivity contribution is 0.285. The molecule has 1 aromatic carbocycles. The lowest BCUT2D eigenvalue weighted by Crippen LogP contribution is -1.70. The Hall–Kier alpha value is -0.770. The lowest BCUT2D eigenvalue weighted by Gasteiger charge is -1.94. The van der Waals surface area contributed by atoms with Crippen molar-refractivity contribution >= 4 is 33.0 Å². The first-order chi connectivity index (χ1) is 6.20. The van der Waals surface area contributed by atoms with Crippen LogP contribution < -0.4 is 0 Å². The molecule has 0 aliphatic carbocycles. The van der Waals surface area contributed by atoms with Crippen LogP contribution in [0, 0.1) is 0 Å². The van der Waals surface area contributed by atoms with Gasteiger partial charge in [0.1, 0.15) is 5.75 Å². The lowest BCUT2D eigenvalue weighted by atomic mass is 10.2. The largest absolute Gasteiger partial charge is 0.506 e. The molecule has 0 saturated heterocycles. The van der Waals surface area contributed by atoms with Crippen molar-refractivity contribution in [3.05, 3.63) is 28.1 Å². The van der Waals surface area contributed by atoms with Gasteiger partial charge in [-0.3, -0.25) is 0 Å². The fraction of sp³-hybridized carbons (Fsp3) is 0.111. The number of thiophene rings is 1. The Kier molecular flexibility index (Phi) is 2.15. The number of benzene rings is 1. The standard InChI is InChI=1S/C9H7ClO2S/c10-6-1-5-2-7(4-11)13-9(5)8(12)3-6/h1-3,11-12H,4H2. The number of aliphatic hydroxyl groups excluding tert-OH is 1. The molecule has 68 valence electrons. The van der Waals surface area contributed by atoms with E-state index in [2.05, 4.69) is 0 Å². The number of fused-ring (bicyclic) bond motifs is 1. The molecule has 0 aliphatic rings. The number of phenolic OH excluding ortho intramolecular Hbond substituents is 1. The second-order valence-electron chi connectivity index (χ2n) is 2.71. The molecule has 0 saturated carbocycles. The minimum absolute atomic E-state index is 0.00357. The highest BCUT2D eigenvalue weighted by molar-refractivity contribution is 7.19. The Bertz CT molecular complexity index is 450. The van der Waals surface area contributed by atoms with Gasteiger partial charge in [-0.1, -0.05) is 11.6 Å². The van der Waals surface area contributed by atoms with Crippen LogP contribution in [0.25, 0.3) is 10.1 Å². The molecule has 2 N–H and O–H groups in total. The third-order valence-corrected chi connectivity index (χ3v) is 3.14. The van der Waals surface area contributed by atoms with Gasteiger partial charge in [0.2, 0.25) is 0 Å². The average molecular weight is 215 g/mol. The first-order valence-corrected chi connectivity index (χ1v) is 4.92. The zero-order valence-corrected chi connectivity index (χ0v) is 8.19. The van der Waals surface area contributed by atoms with Crippen molar-refractivity contribution in [1.29, 1.82) is 0 Å². The van der Waals surface area contributed by atoms with Gasteiger partial charge in [0.25, 0.3) is 0 Å². The number of phenols is 1. The van der Waals surface area contributed by atoms with Gasteiger partial charge in [-0.25, -0.2) is 0 Å². The summed E-state index contributed by atoms with van der Waals surface area (Å²) in [7, 11) is 0. The summed E-state index contributed by atoms with van der Waals surface area (Å²) in [5, 5.41) is 19.8. The van der Waals surface area contributed by atoms with Gasteiger partial charge in [-0.2, -0.15) is 0 Å². The maximum atomic E-state index is 9.51. The predicted molar refractivity (Wildman–Crippen MR) is 54.4 cm³/mol. The quantitative estimate of drug-likeness (QED) is 0.767. The molecule has 0 aliphatic heterocycles. The summed E-state index contributed by atoms with van der Waals surface area (Å²) in [6.07, 6.45) is 0. The normalized spacial score (nSPS) is 10.9. The van der Waals surface area contributed by atoms with Gasteiger partial charge in [0, 0.05) is 9.90 Å². The molecule has 2 aromatic rings. The third-order valence-electron chi connectivity index (χ3n) is 1.77. The van der Waals surface area contributed by atoms with E-state index < -0.39 is 0 Å². The van der Waals surface area contributed by atoms with Gasteiger partial charge in [-0.15, -0.1) is 11.3 Å². The van der Waals surface area contributed by atoms with Gasteiger partial charge in [-0.05, 0) is 23.6 Å². The monoisotopic (exact) mass is 214 g/mol. The number of aliphatic hydroxyl groups is 1. The van der Waals surface area contributed by atoms with Crippen molar-refractivity contribution in [1.82, 2.24) is 0 Å². The summed E-state index contributed by atoms with van der Waals surface area (Å²) >= 11 is 7.13. The molecule has 0 unspecified atom stereocenters. The third kappa shape index (κ3) is 1.50. The Labute approximate surface area is 84.0 Å². The van der Waals surface area contributed by atoms with E-state index in [0.29, 0.717) is 5.02 Å². The second kappa shape index (κ2) is 3.18. The fourth-order valence-electron chi connectivity index (χ4n) is 1.23. The highest BCUT2D eigenvalue weighted by atomic mass is 35.5. The van der Waals surface area contributed by atoms with Crippen LogP contribution >= 0.6 is 22.9 Å². The van der Waals surface area contributed by atoms with Crippen LogP contribution in [0.5, 0.6) is 5.75 Å². The minimum Gasteiger partial charge on any atom is -0.506 e. The first-order valence-electron chi connectivity index (χ1n) is 3.72. The van der Waals surface area contributed by atoms with Crippen molar-refractivity contribution in [2.24, 2.45) is 0 Å². The van der Waals surface area contributed by atoms with E-state index >= 15 is 0 Å². The fourth-order valence-corrected chi connectivity index (χ4v) is 2.36. The topological polar surface area (TPSA) is 40.5 Å². The van der Waals surface area contributed by atoms with Crippen molar-refractivity contribution in [3.63, 3.8) is 0 Å². The van der Waals surface area contributed by atoms with Crippen molar-refractivity contribution in [2.45, 2.75) is 6.61 Å². The van der Waals surface area contributed by atoms with E-state index in [9.17, 15) is 5.11 Å². The molecule has 1 heterocycles. The first kappa shape index (κ1) is 8.81. The maximum Gasteiger partial charge on any atom is 0.134 e. The van der Waals surface area contributed by atoms with Gasteiger partial charge < -0.3 is 10.2 Å². The molecular weight excluding hydrogens is 208 g/mol. The predicted octanol–water partition coefficient (Wildman–Crippen LogP) is 2.75. The number of hydrogen-bond donors (Lipinski definition) is 2. The zero-order valence-electron chi connectivity index (χ0n) is 6.62. The molecule has 4 heteroatoms. The maximum absolute atomic E-state index is 9.51. The molecule has 1 aromatic heterocycles. The van der Waals surface area contributed by atoms with Crippen LogP contribution in [0.15, 0.2) is 18.2 Å². The van der Waals surface area contributed by atoms with Gasteiger partial charge in [0.15, 0.2) is 0 Å². The van der Waals surface area contributed by atoms with E-state index in [4.69, 9.17) is 16.7 Å². The van der Waals surface area contributed by atoms with E-state index in [1.165, 1.54) is 17.4 Å². The summed E-state index contributed by atoms with van der Waals surface area (Å²) in [5.41, 5.74) is 0. The molecule has 0 radical (unpaired) electrons. The Morgan fingerprint density at radius 1 is 1.31 bits per heavy atom. The van der Waals surface area contributed by atoms with Crippen LogP contribution in [-0.2, 0) is 6.61 Å². The van der Waals surface area contributed by atoms with Crippen LogP contribution in [0.4, 0.5) is 0 Å². The molecule has 2 nitrogen and oxygen atoms in total. The summed E-state index contributed by atoms with van der Waals surface area (Å²) in [4.78, 5) is 0.826. The smallest absolute Gasteiger partial charge is 0.134 e. The van der Waals surface area contributed by atoms with Gasteiger partial charge >= 0.3 is 0 Å². The summed E-state index contributed by atoms with van der Waals surface area (Å²) < 4.78 is 0.772. The minimum atomic E-state index is -0.00357. The molecule has 0 amide bonds. The Morgan fingerprint density at radius 2 is 2.08 bits per heavy atom. The highest BCUT2D eigenvalue weighted by Crippen LogP contribution is 2.35. The second-order valence-corrected chi connectivity index (χ2v) is 4.29. The van der Waals surface area contributed by atoms with Crippen molar-refractivity contribution in [2.75, 3.05) is 0 Å². The summed E-state index contributed by atoms with van der Waals surface area (Å²) in [5.74, 6) is 0.173. The molecule has 2 rings (SSSR count). The molecule has 13 heavy (non-hydrogen) atoms. The number of rotatable bonds is 1. The Balaban J connectivity index is 2.75. The van der Waals surface area contributed by atoms with Crippen LogP contribution in [0.1, 0.15) is 4.88 Å². The van der Waals surface area contributed by atoms with Crippen molar-refractivity contribution in [3.8, 4) is 5.75 Å². The van der Waals surface area contributed by atoms with Crippen LogP contribution in [0.2, 0.25) is 5.02 Å². The zero-order chi connectivity index (χ0) is 9.42. The summed E-state index contributed by atoms with van der Waals surface area (Å²) in [6.45, 7) is -0.00357. The molecule has 0 fully saturated rings. The van der Waals surface area contributed by atoms with Crippen molar-refractivity contribution < 1.29 is 10.2 Å². The molecular formula is C9H7ClO2S. The van der Waals surface area contributed by atoms with Crippen LogP contribution in [-0.4, -0.2) is 10.2 Å². The molecule has 0 spiro atoms. The van der Waals surface area contributed by atoms with E-state index in [1.807, 2.05) is 6.07 Å². The number of halogens is 1.